The van der Waals surface area contributed by atoms with Crippen molar-refractivity contribution in [3.8, 4) is 17.0 Å². The van der Waals surface area contributed by atoms with Gasteiger partial charge in [0, 0.05) is 31.5 Å². The van der Waals surface area contributed by atoms with Crippen LogP contribution in [0.25, 0.3) is 0 Å². The molecule has 1 rings (SSSR count). The number of aromatic nitrogens is 1. The van der Waals surface area contributed by atoms with E-state index in [2.05, 4.69) is 27.5 Å². The van der Waals surface area contributed by atoms with Gasteiger partial charge >= 0.3 is 0 Å². The van der Waals surface area contributed by atoms with Crippen LogP contribution < -0.4 is 15.4 Å². The zero-order chi connectivity index (χ0) is 18.0. The molecule has 0 aliphatic heterocycles. The topological polar surface area (TPSA) is 83.5 Å². The van der Waals surface area contributed by atoms with Crippen molar-refractivity contribution in [1.82, 2.24) is 15.6 Å². The van der Waals surface area contributed by atoms with Crippen molar-refractivity contribution in [2.45, 2.75) is 52.2 Å². The van der Waals surface area contributed by atoms with Crippen molar-refractivity contribution in [2.75, 3.05) is 19.7 Å². The van der Waals surface area contributed by atoms with Crippen LogP contribution in [0.5, 0.6) is 5.19 Å². The Morgan fingerprint density at radius 1 is 1.46 bits per heavy atom. The summed E-state index contributed by atoms with van der Waals surface area (Å²) in [5, 5.41) is 16.2. The van der Waals surface area contributed by atoms with Crippen LogP contribution in [0.15, 0.2) is 6.20 Å². The second-order valence-electron chi connectivity index (χ2n) is 6.30. The van der Waals surface area contributed by atoms with Gasteiger partial charge in [-0.3, -0.25) is 4.79 Å². The molecule has 0 aliphatic rings. The summed E-state index contributed by atoms with van der Waals surface area (Å²) in [4.78, 5) is 16.5. The van der Waals surface area contributed by atoms with E-state index in [1.807, 2.05) is 27.7 Å². The highest BCUT2D eigenvalue weighted by Crippen LogP contribution is 2.20. The monoisotopic (exact) mass is 353 g/mol. The Bertz CT molecular complexity index is 570. The largest absolute Gasteiger partial charge is 0.467 e. The summed E-state index contributed by atoms with van der Waals surface area (Å²) in [5.74, 6) is 5.74. The minimum Gasteiger partial charge on any atom is -0.467 e. The predicted octanol–water partition coefficient (Wildman–Crippen LogP) is 1.80. The molecule has 1 aromatic heterocycles. The molecule has 1 atom stereocenters. The first-order chi connectivity index (χ1) is 11.3. The summed E-state index contributed by atoms with van der Waals surface area (Å²) >= 11 is 1.16. The van der Waals surface area contributed by atoms with Gasteiger partial charge in [0.2, 0.25) is 0 Å². The van der Waals surface area contributed by atoms with Crippen LogP contribution in [0.3, 0.4) is 0 Å². The first-order valence-corrected chi connectivity index (χ1v) is 8.89. The normalized spacial score (nSPS) is 12.2. The minimum absolute atomic E-state index is 0.0606. The number of thiazole rings is 1. The van der Waals surface area contributed by atoms with Gasteiger partial charge in [-0.15, -0.1) is 11.8 Å². The van der Waals surface area contributed by atoms with E-state index in [1.54, 1.807) is 0 Å². The highest BCUT2D eigenvalue weighted by molar-refractivity contribution is 7.15. The van der Waals surface area contributed by atoms with Crippen molar-refractivity contribution in [3.05, 3.63) is 11.1 Å². The Morgan fingerprint density at radius 2 is 2.21 bits per heavy atom. The predicted molar refractivity (Wildman–Crippen MR) is 96.4 cm³/mol. The van der Waals surface area contributed by atoms with E-state index in [-0.39, 0.29) is 18.1 Å². The first kappa shape index (κ1) is 20.4. The van der Waals surface area contributed by atoms with Gasteiger partial charge in [-0.25, -0.2) is 4.98 Å². The Morgan fingerprint density at radius 3 is 2.88 bits per heavy atom. The molecule has 1 unspecified atom stereocenters. The van der Waals surface area contributed by atoms with Crippen LogP contribution in [-0.2, 0) is 0 Å². The quantitative estimate of drug-likeness (QED) is 0.490. The molecule has 134 valence electrons. The van der Waals surface area contributed by atoms with Crippen molar-refractivity contribution in [3.63, 3.8) is 0 Å². The number of carbonyl (C=O) groups is 1. The van der Waals surface area contributed by atoms with Crippen LogP contribution in [-0.4, -0.2) is 47.3 Å². The van der Waals surface area contributed by atoms with Gasteiger partial charge in [-0.05, 0) is 20.8 Å². The van der Waals surface area contributed by atoms with E-state index in [9.17, 15) is 9.90 Å². The van der Waals surface area contributed by atoms with Gasteiger partial charge in [-0.1, -0.05) is 18.3 Å². The Labute approximate surface area is 148 Å². The number of hydrogen-bond donors (Lipinski definition) is 3. The molecule has 0 aromatic carbocycles. The standard InChI is InChI=1S/C17H27N3O3S/c1-5-6-7-8-9-18-15(22)14-11-19-16(24-14)23-12-13(21)10-20-17(2,3)4/h11,13,20-21H,5,8-10,12H2,1-4H3,(H,18,22). The molecule has 0 aliphatic carbocycles. The lowest BCUT2D eigenvalue weighted by Crippen LogP contribution is -2.42. The number of carbonyl (C=O) groups excluding carboxylic acids is 1. The minimum atomic E-state index is -0.637. The highest BCUT2D eigenvalue weighted by Gasteiger charge is 2.14. The summed E-state index contributed by atoms with van der Waals surface area (Å²) in [6, 6.07) is 0. The summed E-state index contributed by atoms with van der Waals surface area (Å²) in [6.07, 6.45) is 2.30. The van der Waals surface area contributed by atoms with Crippen LogP contribution in [0, 0.1) is 11.8 Å². The zero-order valence-corrected chi connectivity index (χ0v) is 15.6. The second-order valence-corrected chi connectivity index (χ2v) is 7.29. The van der Waals surface area contributed by atoms with E-state index in [0.717, 1.165) is 17.8 Å². The summed E-state index contributed by atoms with van der Waals surface area (Å²) < 4.78 is 5.44. The fourth-order valence-electron chi connectivity index (χ4n) is 1.62. The molecule has 3 N–H and O–H groups in total. The molecule has 0 bridgehead atoms. The number of nitrogens with one attached hydrogen (secondary N) is 2. The molecule has 0 fully saturated rings. The third-order valence-corrected chi connectivity index (χ3v) is 3.72. The maximum absolute atomic E-state index is 11.9. The van der Waals surface area contributed by atoms with E-state index in [1.165, 1.54) is 6.20 Å². The summed E-state index contributed by atoms with van der Waals surface area (Å²) in [7, 11) is 0. The maximum Gasteiger partial charge on any atom is 0.273 e. The average molecular weight is 353 g/mol. The molecular weight excluding hydrogens is 326 g/mol. The van der Waals surface area contributed by atoms with E-state index in [0.29, 0.717) is 29.6 Å². The van der Waals surface area contributed by atoms with Gasteiger partial charge in [-0.2, -0.15) is 0 Å². The van der Waals surface area contributed by atoms with Crippen LogP contribution in [0.1, 0.15) is 50.2 Å². The smallest absolute Gasteiger partial charge is 0.273 e. The van der Waals surface area contributed by atoms with Crippen LogP contribution in [0.4, 0.5) is 0 Å². The van der Waals surface area contributed by atoms with E-state index in [4.69, 9.17) is 4.74 Å². The Hall–Kier alpha value is -1.62. The molecule has 0 saturated carbocycles. The molecule has 6 nitrogen and oxygen atoms in total. The van der Waals surface area contributed by atoms with Crippen LogP contribution >= 0.6 is 11.3 Å². The Balaban J connectivity index is 2.33. The molecule has 1 amide bonds. The fourth-order valence-corrected chi connectivity index (χ4v) is 2.31. The lowest BCUT2D eigenvalue weighted by molar-refractivity contribution is 0.0958. The Kier molecular flexibility index (Phi) is 8.76. The van der Waals surface area contributed by atoms with Gasteiger partial charge in [0.05, 0.1) is 6.20 Å². The summed E-state index contributed by atoms with van der Waals surface area (Å²) in [5.41, 5.74) is -0.0606. The van der Waals surface area contributed by atoms with Gasteiger partial charge in [0.15, 0.2) is 0 Å². The number of ether oxygens (including phenoxy) is 1. The SMILES string of the molecule is CCC#CCCNC(=O)c1cnc(OCC(O)CNC(C)(C)C)s1. The second kappa shape index (κ2) is 10.3. The average Bonchev–Trinajstić information content (AvgIpc) is 2.99. The van der Waals surface area contributed by atoms with Gasteiger partial charge in [0.1, 0.15) is 17.6 Å². The molecule has 7 heteroatoms. The third kappa shape index (κ3) is 8.87. The van der Waals surface area contributed by atoms with Crippen molar-refractivity contribution in [1.29, 1.82) is 0 Å². The number of amides is 1. The molecule has 0 radical (unpaired) electrons. The van der Waals surface area contributed by atoms with E-state index >= 15 is 0 Å². The molecule has 24 heavy (non-hydrogen) atoms. The summed E-state index contributed by atoms with van der Waals surface area (Å²) in [6.45, 7) is 9.14. The lowest BCUT2D eigenvalue weighted by atomic mass is 10.1. The van der Waals surface area contributed by atoms with Gasteiger partial charge < -0.3 is 20.5 Å². The number of rotatable bonds is 8. The molecule has 0 spiro atoms. The van der Waals surface area contributed by atoms with Crippen molar-refractivity contribution >= 4 is 17.2 Å². The molecule has 0 saturated heterocycles. The molecular formula is C17H27N3O3S. The number of β-amino-alcohol motifs (C(OH)–C–C–N with tert-alkyl or cyclic N) is 1. The number of hydrogen-bond acceptors (Lipinski definition) is 6. The number of aliphatic hydroxyl groups excluding tert-OH is 1. The van der Waals surface area contributed by atoms with Crippen molar-refractivity contribution in [2.24, 2.45) is 0 Å². The third-order valence-electron chi connectivity index (χ3n) is 2.81. The number of nitrogens with zero attached hydrogens (tertiary/aromatic N) is 1. The fraction of sp³-hybridized carbons (Fsp3) is 0.647. The van der Waals surface area contributed by atoms with Crippen LogP contribution in [0.2, 0.25) is 0 Å². The van der Waals surface area contributed by atoms with Gasteiger partial charge in [0.25, 0.3) is 11.1 Å². The molecule has 1 aromatic rings. The first-order valence-electron chi connectivity index (χ1n) is 8.07. The molecule has 1 heterocycles. The highest BCUT2D eigenvalue weighted by atomic mass is 32.1. The number of aliphatic hydroxyl groups is 1. The lowest BCUT2D eigenvalue weighted by Gasteiger charge is -2.22. The van der Waals surface area contributed by atoms with E-state index < -0.39 is 6.10 Å². The maximum atomic E-state index is 11.9. The zero-order valence-electron chi connectivity index (χ0n) is 14.8. The van der Waals surface area contributed by atoms with Crippen molar-refractivity contribution < 1.29 is 14.6 Å².